The van der Waals surface area contributed by atoms with Crippen molar-refractivity contribution < 1.29 is 9.13 Å². The Labute approximate surface area is 186 Å². The number of pyridine rings is 1. The number of ether oxygens (including phenoxy) is 1. The van der Waals surface area contributed by atoms with Gasteiger partial charge in [0, 0.05) is 23.8 Å². The van der Waals surface area contributed by atoms with Crippen LogP contribution in [0.5, 0.6) is 11.6 Å². The van der Waals surface area contributed by atoms with Crippen molar-refractivity contribution in [2.45, 2.75) is 6.54 Å². The Bertz CT molecular complexity index is 1350. The van der Waals surface area contributed by atoms with Crippen molar-refractivity contribution in [3.05, 3.63) is 104 Å². The van der Waals surface area contributed by atoms with Gasteiger partial charge in [0.1, 0.15) is 11.6 Å². The first-order chi connectivity index (χ1) is 15.4. The van der Waals surface area contributed by atoms with Crippen LogP contribution in [0.4, 0.5) is 16.0 Å². The van der Waals surface area contributed by atoms with Crippen LogP contribution in [-0.4, -0.2) is 19.1 Å². The summed E-state index contributed by atoms with van der Waals surface area (Å²) >= 11 is 5.93. The molecule has 162 valence electrons. The number of halogens is 2. The van der Waals surface area contributed by atoms with E-state index in [9.17, 15) is 14.0 Å². The molecule has 0 aliphatic heterocycles. The summed E-state index contributed by atoms with van der Waals surface area (Å²) in [6.07, 6.45) is 1.06. The Kier molecular flexibility index (Phi) is 6.00. The van der Waals surface area contributed by atoms with E-state index in [2.05, 4.69) is 15.3 Å². The van der Waals surface area contributed by atoms with Crippen LogP contribution in [0.25, 0.3) is 0 Å². The van der Waals surface area contributed by atoms with Gasteiger partial charge in [-0.15, -0.1) is 0 Å². The highest BCUT2D eigenvalue weighted by atomic mass is 35.5. The lowest BCUT2D eigenvalue weighted by Crippen LogP contribution is -2.41. The molecule has 0 bridgehead atoms. The van der Waals surface area contributed by atoms with Crippen LogP contribution in [-0.2, 0) is 13.6 Å². The Morgan fingerprint density at radius 3 is 2.41 bits per heavy atom. The van der Waals surface area contributed by atoms with Gasteiger partial charge in [0.25, 0.3) is 0 Å². The van der Waals surface area contributed by atoms with Gasteiger partial charge >= 0.3 is 11.4 Å². The molecule has 2 heterocycles. The maximum absolute atomic E-state index is 13.0. The largest absolute Gasteiger partial charge is 0.439 e. The fraction of sp³-hybridized carbons (Fsp3) is 0.0909. The number of aromatic nitrogens is 4. The smallest absolute Gasteiger partial charge is 0.354 e. The van der Waals surface area contributed by atoms with Crippen molar-refractivity contribution in [2.75, 3.05) is 5.32 Å². The quantitative estimate of drug-likeness (QED) is 0.478. The first kappa shape index (κ1) is 21.3. The molecular formula is C22H17ClFN5O3. The van der Waals surface area contributed by atoms with Gasteiger partial charge in [-0.05, 0) is 48.0 Å². The van der Waals surface area contributed by atoms with E-state index in [4.69, 9.17) is 16.3 Å². The van der Waals surface area contributed by atoms with Crippen molar-refractivity contribution in [3.8, 4) is 11.6 Å². The summed E-state index contributed by atoms with van der Waals surface area (Å²) < 4.78 is 20.8. The maximum Gasteiger partial charge on any atom is 0.354 e. The SMILES string of the molecule is Cn1c(=O)nc(Nc2ccc(Oc3ccc(F)cn3)cc2)n(Cc2ccc(Cl)cc2)c1=O. The zero-order valence-corrected chi connectivity index (χ0v) is 17.6. The van der Waals surface area contributed by atoms with Gasteiger partial charge in [-0.3, -0.25) is 4.57 Å². The van der Waals surface area contributed by atoms with Gasteiger partial charge in [0.05, 0.1) is 12.7 Å². The minimum absolute atomic E-state index is 0.0990. The normalized spacial score (nSPS) is 10.7. The Hall–Kier alpha value is -3.98. The number of anilines is 2. The molecule has 4 rings (SSSR count). The van der Waals surface area contributed by atoms with Crippen LogP contribution in [0.1, 0.15) is 5.56 Å². The Morgan fingerprint density at radius 1 is 1.03 bits per heavy atom. The summed E-state index contributed by atoms with van der Waals surface area (Å²) in [5.74, 6) is 0.368. The topological polar surface area (TPSA) is 91.0 Å². The molecule has 0 unspecified atom stereocenters. The highest BCUT2D eigenvalue weighted by Gasteiger charge is 2.12. The molecule has 0 spiro atoms. The van der Waals surface area contributed by atoms with Gasteiger partial charge in [-0.25, -0.2) is 23.5 Å². The fourth-order valence-electron chi connectivity index (χ4n) is 2.87. The minimum atomic E-state index is -0.674. The zero-order valence-electron chi connectivity index (χ0n) is 16.8. The van der Waals surface area contributed by atoms with Crippen molar-refractivity contribution in [1.82, 2.24) is 19.1 Å². The van der Waals surface area contributed by atoms with Crippen LogP contribution < -0.4 is 21.4 Å². The van der Waals surface area contributed by atoms with E-state index in [1.165, 1.54) is 23.7 Å². The van der Waals surface area contributed by atoms with E-state index in [0.29, 0.717) is 16.5 Å². The van der Waals surface area contributed by atoms with Crippen molar-refractivity contribution in [2.24, 2.45) is 7.05 Å². The molecule has 0 radical (unpaired) electrons. The molecule has 32 heavy (non-hydrogen) atoms. The number of benzene rings is 2. The summed E-state index contributed by atoms with van der Waals surface area (Å²) in [5.41, 5.74) is 0.210. The molecule has 0 atom stereocenters. The van der Waals surface area contributed by atoms with E-state index >= 15 is 0 Å². The number of nitrogens with one attached hydrogen (secondary N) is 1. The summed E-state index contributed by atoms with van der Waals surface area (Å²) in [7, 11) is 1.37. The number of hydrogen-bond donors (Lipinski definition) is 1. The Morgan fingerprint density at radius 2 is 1.75 bits per heavy atom. The second kappa shape index (κ2) is 9.03. The molecule has 0 saturated carbocycles. The molecule has 0 fully saturated rings. The third kappa shape index (κ3) is 4.84. The van der Waals surface area contributed by atoms with E-state index < -0.39 is 17.2 Å². The summed E-state index contributed by atoms with van der Waals surface area (Å²) in [6, 6.07) is 16.4. The van der Waals surface area contributed by atoms with Gasteiger partial charge in [-0.1, -0.05) is 23.7 Å². The summed E-state index contributed by atoms with van der Waals surface area (Å²) in [4.78, 5) is 32.7. The molecule has 0 aliphatic rings. The standard InChI is InChI=1S/C22H17ClFN5O3/c1-28-21(30)27-20(29(22(28)31)13-14-2-4-15(23)5-3-14)26-17-7-9-18(10-8-17)32-19-11-6-16(24)12-25-19/h2-12H,13H2,1H3,(H,26,27,30). The first-order valence-corrected chi connectivity index (χ1v) is 9.85. The molecule has 0 aliphatic carbocycles. The first-order valence-electron chi connectivity index (χ1n) is 9.48. The van der Waals surface area contributed by atoms with Crippen molar-refractivity contribution in [1.29, 1.82) is 0 Å². The highest BCUT2D eigenvalue weighted by molar-refractivity contribution is 6.30. The maximum atomic E-state index is 13.0. The predicted molar refractivity (Wildman–Crippen MR) is 118 cm³/mol. The van der Waals surface area contributed by atoms with Crippen molar-refractivity contribution >= 4 is 23.2 Å². The summed E-state index contributed by atoms with van der Waals surface area (Å²) in [5, 5.41) is 3.58. The van der Waals surface area contributed by atoms with Crippen LogP contribution in [0.3, 0.4) is 0 Å². The van der Waals surface area contributed by atoms with Gasteiger partial charge in [0.15, 0.2) is 0 Å². The molecule has 10 heteroatoms. The monoisotopic (exact) mass is 453 g/mol. The van der Waals surface area contributed by atoms with Gasteiger partial charge in [0.2, 0.25) is 11.8 Å². The van der Waals surface area contributed by atoms with Crippen LogP contribution in [0, 0.1) is 5.82 Å². The molecule has 0 saturated heterocycles. The van der Waals surface area contributed by atoms with E-state index in [1.54, 1.807) is 48.5 Å². The number of rotatable bonds is 6. The number of nitrogens with zero attached hydrogens (tertiary/aromatic N) is 4. The van der Waals surface area contributed by atoms with E-state index in [-0.39, 0.29) is 18.4 Å². The van der Waals surface area contributed by atoms with E-state index in [1.807, 2.05) is 0 Å². The van der Waals surface area contributed by atoms with Crippen LogP contribution in [0.15, 0.2) is 76.4 Å². The predicted octanol–water partition coefficient (Wildman–Crippen LogP) is 3.71. The molecule has 8 nitrogen and oxygen atoms in total. The number of hydrogen-bond acceptors (Lipinski definition) is 6. The molecule has 2 aromatic heterocycles. The molecule has 2 aromatic carbocycles. The Balaban J connectivity index is 1.59. The molecular weight excluding hydrogens is 437 g/mol. The summed E-state index contributed by atoms with van der Waals surface area (Å²) in [6.45, 7) is 0.191. The third-order valence-corrected chi connectivity index (χ3v) is 4.80. The lowest BCUT2D eigenvalue weighted by atomic mass is 10.2. The lowest BCUT2D eigenvalue weighted by molar-refractivity contribution is 0.459. The lowest BCUT2D eigenvalue weighted by Gasteiger charge is -2.14. The molecule has 1 N–H and O–H groups in total. The fourth-order valence-corrected chi connectivity index (χ4v) is 2.99. The second-order valence-electron chi connectivity index (χ2n) is 6.84. The molecule has 0 amide bonds. The third-order valence-electron chi connectivity index (χ3n) is 4.55. The van der Waals surface area contributed by atoms with Crippen LogP contribution in [0.2, 0.25) is 5.02 Å². The van der Waals surface area contributed by atoms with Gasteiger partial charge < -0.3 is 10.1 Å². The van der Waals surface area contributed by atoms with Gasteiger partial charge in [-0.2, -0.15) is 4.98 Å². The minimum Gasteiger partial charge on any atom is -0.439 e. The highest BCUT2D eigenvalue weighted by Crippen LogP contribution is 2.23. The van der Waals surface area contributed by atoms with Crippen molar-refractivity contribution in [3.63, 3.8) is 0 Å². The average Bonchev–Trinajstić information content (AvgIpc) is 2.79. The second-order valence-corrected chi connectivity index (χ2v) is 7.27. The average molecular weight is 454 g/mol. The van der Waals surface area contributed by atoms with E-state index in [0.717, 1.165) is 16.3 Å². The van der Waals surface area contributed by atoms with Crippen LogP contribution >= 0.6 is 11.6 Å². The zero-order chi connectivity index (χ0) is 22.7. The molecule has 4 aromatic rings.